The first kappa shape index (κ1) is 23.9. The van der Waals surface area contributed by atoms with E-state index in [1.807, 2.05) is 48.5 Å². The highest BCUT2D eigenvalue weighted by atomic mass is 79.9. The van der Waals surface area contributed by atoms with Crippen LogP contribution in [0.2, 0.25) is 0 Å². The molecule has 6 nitrogen and oxygen atoms in total. The van der Waals surface area contributed by atoms with E-state index in [2.05, 4.69) is 26.1 Å². The number of methoxy groups -OCH3 is 1. The summed E-state index contributed by atoms with van der Waals surface area (Å²) in [4.78, 5) is 31.6. The van der Waals surface area contributed by atoms with Crippen molar-refractivity contribution in [1.82, 2.24) is 10.2 Å². The maximum absolute atomic E-state index is 13.4. The van der Waals surface area contributed by atoms with Crippen molar-refractivity contribution in [3.63, 3.8) is 0 Å². The lowest BCUT2D eigenvalue weighted by molar-refractivity contribution is -0.122. The third kappa shape index (κ3) is 5.99. The van der Waals surface area contributed by atoms with Crippen LogP contribution in [0.15, 0.2) is 56.7 Å². The first-order valence-corrected chi connectivity index (χ1v) is 12.8. The average Bonchev–Trinajstić information content (AvgIpc) is 3.33. The molecule has 1 fully saturated rings. The van der Waals surface area contributed by atoms with Crippen LogP contribution in [-0.4, -0.2) is 56.5 Å². The Morgan fingerprint density at radius 1 is 1.21 bits per heavy atom. The first-order valence-electron chi connectivity index (χ1n) is 11.2. The lowest BCUT2D eigenvalue weighted by atomic mass is 10.2. The highest BCUT2D eigenvalue weighted by Crippen LogP contribution is 2.42. The summed E-state index contributed by atoms with van der Waals surface area (Å²) in [6.45, 7) is 3.95. The summed E-state index contributed by atoms with van der Waals surface area (Å²) in [5.74, 6) is 0.420. The fourth-order valence-corrected chi connectivity index (χ4v) is 5.70. The van der Waals surface area contributed by atoms with Gasteiger partial charge in [0.05, 0.1) is 22.2 Å². The number of carbonyl (C=O) groups is 2. The van der Waals surface area contributed by atoms with Crippen molar-refractivity contribution in [2.45, 2.75) is 24.2 Å². The number of nitrogens with zero attached hydrogens (tertiary/aromatic N) is 2. The number of thioether (sulfide) groups is 1. The molecule has 2 aromatic rings. The molecule has 0 bridgehead atoms. The second-order valence-electron chi connectivity index (χ2n) is 8.12. The number of anilines is 1. The van der Waals surface area contributed by atoms with E-state index in [9.17, 15) is 9.59 Å². The Labute approximate surface area is 207 Å². The summed E-state index contributed by atoms with van der Waals surface area (Å²) in [6.07, 6.45) is 5.31. The van der Waals surface area contributed by atoms with Gasteiger partial charge < -0.3 is 15.0 Å². The predicted octanol–water partition coefficient (Wildman–Crippen LogP) is 4.54. The molecule has 2 aromatic carbocycles. The van der Waals surface area contributed by atoms with E-state index in [1.54, 1.807) is 12.0 Å². The molecule has 0 saturated carbocycles. The number of amides is 2. The zero-order valence-corrected chi connectivity index (χ0v) is 21.1. The second kappa shape index (κ2) is 11.2. The highest BCUT2D eigenvalue weighted by molar-refractivity contribution is 9.10. The number of para-hydroxylation sites is 1. The number of nitrogens with one attached hydrogen (secondary N) is 1. The van der Waals surface area contributed by atoms with E-state index in [0.29, 0.717) is 11.4 Å². The summed E-state index contributed by atoms with van der Waals surface area (Å²) in [5, 5.41) is 2.98. The number of hydrogen-bond acceptors (Lipinski definition) is 5. The Balaban J connectivity index is 1.45. The Morgan fingerprint density at radius 3 is 2.76 bits per heavy atom. The fourth-order valence-electron chi connectivity index (χ4n) is 4.08. The minimum atomic E-state index is -0.169. The van der Waals surface area contributed by atoms with Crippen LogP contribution in [0.25, 0.3) is 6.08 Å². The summed E-state index contributed by atoms with van der Waals surface area (Å²) in [5.41, 5.74) is 1.65. The van der Waals surface area contributed by atoms with Crippen molar-refractivity contribution in [3.8, 4) is 5.75 Å². The number of ether oxygens (including phenoxy) is 1. The number of rotatable bonds is 8. The Morgan fingerprint density at radius 2 is 2.00 bits per heavy atom. The van der Waals surface area contributed by atoms with Gasteiger partial charge in [-0.25, -0.2) is 0 Å². The van der Waals surface area contributed by atoms with E-state index in [-0.39, 0.29) is 18.4 Å². The summed E-state index contributed by atoms with van der Waals surface area (Å²) < 4.78 is 6.11. The molecule has 1 N–H and O–H groups in total. The molecule has 33 heavy (non-hydrogen) atoms. The summed E-state index contributed by atoms with van der Waals surface area (Å²) in [6, 6.07) is 13.4. The van der Waals surface area contributed by atoms with Crippen molar-refractivity contribution >= 4 is 51.3 Å². The lowest BCUT2D eigenvalue weighted by Gasteiger charge is -2.30. The largest absolute Gasteiger partial charge is 0.496 e. The van der Waals surface area contributed by atoms with Crippen molar-refractivity contribution < 1.29 is 14.3 Å². The molecule has 0 radical (unpaired) electrons. The van der Waals surface area contributed by atoms with E-state index in [1.165, 1.54) is 24.6 Å². The topological polar surface area (TPSA) is 61.9 Å². The van der Waals surface area contributed by atoms with Crippen LogP contribution < -0.4 is 15.0 Å². The molecule has 0 atom stereocenters. The van der Waals surface area contributed by atoms with E-state index in [0.717, 1.165) is 52.4 Å². The van der Waals surface area contributed by atoms with Gasteiger partial charge in [-0.15, -0.1) is 0 Å². The predicted molar refractivity (Wildman–Crippen MR) is 137 cm³/mol. The number of carbonyl (C=O) groups excluding carboxylic acids is 2. The van der Waals surface area contributed by atoms with Crippen LogP contribution in [-0.2, 0) is 9.59 Å². The van der Waals surface area contributed by atoms with Crippen LogP contribution in [0.3, 0.4) is 0 Å². The zero-order chi connectivity index (χ0) is 23.2. The maximum atomic E-state index is 13.4. The molecule has 4 rings (SSSR count). The molecule has 2 aliphatic heterocycles. The molecular weight excluding hydrogens is 502 g/mol. The molecular formula is C25H28BrN3O3S. The minimum Gasteiger partial charge on any atom is -0.496 e. The molecule has 8 heteroatoms. The molecule has 0 unspecified atom stereocenters. The Bertz CT molecular complexity index is 1050. The quantitative estimate of drug-likeness (QED) is 0.401. The van der Waals surface area contributed by atoms with Gasteiger partial charge in [-0.3, -0.25) is 14.5 Å². The van der Waals surface area contributed by atoms with Crippen molar-refractivity contribution in [2.75, 3.05) is 44.7 Å². The van der Waals surface area contributed by atoms with E-state index in [4.69, 9.17) is 4.74 Å². The summed E-state index contributed by atoms with van der Waals surface area (Å²) >= 11 is 4.92. The van der Waals surface area contributed by atoms with Gasteiger partial charge in [0.15, 0.2) is 0 Å². The van der Waals surface area contributed by atoms with Gasteiger partial charge in [0.25, 0.3) is 5.91 Å². The van der Waals surface area contributed by atoms with Crippen molar-refractivity contribution in [2.24, 2.45) is 0 Å². The van der Waals surface area contributed by atoms with Crippen molar-refractivity contribution in [1.29, 1.82) is 0 Å². The molecule has 0 spiro atoms. The SMILES string of the molecule is COc1ccc(/C=C2/Sc3ccccc3N(CC(=O)NCCCN3CCCC3)C2=O)cc1Br. The molecule has 2 amide bonds. The monoisotopic (exact) mass is 529 g/mol. The fraction of sp³-hybridized carbons (Fsp3) is 0.360. The van der Waals surface area contributed by atoms with Gasteiger partial charge >= 0.3 is 0 Å². The van der Waals surface area contributed by atoms with Crippen LogP contribution in [0, 0.1) is 0 Å². The second-order valence-corrected chi connectivity index (χ2v) is 10.1. The normalized spacial score (nSPS) is 17.3. The standard InChI is InChI=1S/C25H28BrN3O3S/c1-32-21-10-9-18(15-19(21)26)16-23-25(31)29(20-7-2-3-8-22(20)33-23)17-24(30)27-11-6-14-28-12-4-5-13-28/h2-3,7-10,15-16H,4-6,11-14,17H2,1H3,(H,27,30)/b23-16+. The van der Waals surface area contributed by atoms with Gasteiger partial charge in [-0.1, -0.05) is 30.0 Å². The number of fused-ring (bicyclic) bond motifs is 1. The lowest BCUT2D eigenvalue weighted by Crippen LogP contribution is -2.43. The van der Waals surface area contributed by atoms with E-state index >= 15 is 0 Å². The highest BCUT2D eigenvalue weighted by Gasteiger charge is 2.30. The third-order valence-corrected chi connectivity index (χ3v) is 7.48. The van der Waals surface area contributed by atoms with Gasteiger partial charge in [0.2, 0.25) is 5.91 Å². The molecule has 2 heterocycles. The van der Waals surface area contributed by atoms with Crippen molar-refractivity contribution in [3.05, 3.63) is 57.4 Å². The molecule has 2 aliphatic rings. The van der Waals surface area contributed by atoms with Crippen LogP contribution in [0.1, 0.15) is 24.8 Å². The third-order valence-electron chi connectivity index (χ3n) is 5.78. The number of hydrogen-bond donors (Lipinski definition) is 1. The van der Waals surface area contributed by atoms with Crippen LogP contribution >= 0.6 is 27.7 Å². The maximum Gasteiger partial charge on any atom is 0.265 e. The van der Waals surface area contributed by atoms with Gasteiger partial charge in [0, 0.05) is 11.4 Å². The zero-order valence-electron chi connectivity index (χ0n) is 18.7. The van der Waals surface area contributed by atoms with E-state index < -0.39 is 0 Å². The molecule has 0 aromatic heterocycles. The smallest absolute Gasteiger partial charge is 0.265 e. The molecule has 174 valence electrons. The number of likely N-dealkylation sites (tertiary alicyclic amines) is 1. The average molecular weight is 530 g/mol. The summed E-state index contributed by atoms with van der Waals surface area (Å²) in [7, 11) is 1.62. The number of benzene rings is 2. The van der Waals surface area contributed by atoms with Crippen LogP contribution in [0.5, 0.6) is 5.75 Å². The molecule has 1 saturated heterocycles. The molecule has 0 aliphatic carbocycles. The van der Waals surface area contributed by atoms with Gasteiger partial charge in [-0.05, 0) is 90.7 Å². The minimum absolute atomic E-state index is 0.00374. The number of halogens is 1. The Hall–Kier alpha value is -2.29. The van der Waals surface area contributed by atoms with Crippen LogP contribution in [0.4, 0.5) is 5.69 Å². The van der Waals surface area contributed by atoms with Gasteiger partial charge in [-0.2, -0.15) is 0 Å². The van der Waals surface area contributed by atoms with Gasteiger partial charge in [0.1, 0.15) is 12.3 Å². The Kier molecular flexibility index (Phi) is 8.11. The first-order chi connectivity index (χ1) is 16.0.